The third-order valence-electron chi connectivity index (χ3n) is 3.73. The van der Waals surface area contributed by atoms with Gasteiger partial charge in [0.05, 0.1) is 15.1 Å². The molecule has 29 heavy (non-hydrogen) atoms. The molecule has 0 saturated carbocycles. The zero-order valence-electron chi connectivity index (χ0n) is 15.2. The molecule has 3 aromatic rings. The fourth-order valence-electron chi connectivity index (χ4n) is 2.44. The maximum atomic E-state index is 12.3. The molecule has 0 saturated heterocycles. The summed E-state index contributed by atoms with van der Waals surface area (Å²) < 4.78 is 27.8. The number of thiazole rings is 1. The van der Waals surface area contributed by atoms with E-state index in [2.05, 4.69) is 20.3 Å². The Hall–Kier alpha value is -2.53. The van der Waals surface area contributed by atoms with Gasteiger partial charge < -0.3 is 10.6 Å². The van der Waals surface area contributed by atoms with Crippen molar-refractivity contribution in [3.63, 3.8) is 0 Å². The number of rotatable bonds is 7. The highest BCUT2D eigenvalue weighted by Gasteiger charge is 2.15. The van der Waals surface area contributed by atoms with E-state index in [1.807, 2.05) is 0 Å². The van der Waals surface area contributed by atoms with Crippen molar-refractivity contribution in [2.24, 2.45) is 0 Å². The number of nitrogens with zero attached hydrogens (tertiary/aromatic N) is 1. The van der Waals surface area contributed by atoms with Crippen LogP contribution in [0.15, 0.2) is 47.4 Å². The molecule has 0 bridgehead atoms. The molecule has 0 aliphatic carbocycles. The predicted molar refractivity (Wildman–Crippen MR) is 114 cm³/mol. The first-order valence-corrected chi connectivity index (χ1v) is 11.1. The first-order chi connectivity index (χ1) is 13.7. The van der Waals surface area contributed by atoms with Crippen LogP contribution in [0.2, 0.25) is 5.02 Å². The Morgan fingerprint density at radius 1 is 1.10 bits per heavy atom. The molecular formula is C18H17ClN4O4S2. The molecule has 3 rings (SSSR count). The van der Waals surface area contributed by atoms with Gasteiger partial charge in [-0.2, -0.15) is 0 Å². The molecule has 0 radical (unpaired) electrons. The lowest BCUT2D eigenvalue weighted by atomic mass is 10.3. The molecular weight excluding hydrogens is 436 g/mol. The third-order valence-corrected chi connectivity index (χ3v) is 6.37. The average Bonchev–Trinajstić information content (AvgIpc) is 3.02. The van der Waals surface area contributed by atoms with Crippen LogP contribution in [0.1, 0.15) is 13.3 Å². The number of sulfonamides is 1. The zero-order chi connectivity index (χ0) is 21.0. The largest absolute Gasteiger partial charge is 0.326 e. The van der Waals surface area contributed by atoms with Gasteiger partial charge in [0.2, 0.25) is 21.8 Å². The summed E-state index contributed by atoms with van der Waals surface area (Å²) in [5.74, 6) is -0.611. The highest BCUT2D eigenvalue weighted by molar-refractivity contribution is 7.89. The van der Waals surface area contributed by atoms with Crippen LogP contribution in [0.25, 0.3) is 10.2 Å². The first kappa shape index (κ1) is 21.2. The van der Waals surface area contributed by atoms with Crippen LogP contribution in [0.3, 0.4) is 0 Å². The van der Waals surface area contributed by atoms with Crippen LogP contribution in [0.5, 0.6) is 0 Å². The number of carbonyl (C=O) groups is 2. The normalized spacial score (nSPS) is 11.4. The summed E-state index contributed by atoms with van der Waals surface area (Å²) in [6.45, 7) is 1.29. The van der Waals surface area contributed by atoms with Crippen molar-refractivity contribution >= 4 is 65.8 Å². The van der Waals surface area contributed by atoms with Gasteiger partial charge >= 0.3 is 0 Å². The number of benzene rings is 2. The van der Waals surface area contributed by atoms with Crippen molar-refractivity contribution in [1.29, 1.82) is 0 Å². The smallest absolute Gasteiger partial charge is 0.240 e. The van der Waals surface area contributed by atoms with Crippen molar-refractivity contribution in [2.75, 3.05) is 17.2 Å². The summed E-state index contributed by atoms with van der Waals surface area (Å²) >= 11 is 7.22. The second-order valence-corrected chi connectivity index (χ2v) is 9.27. The zero-order valence-corrected chi connectivity index (χ0v) is 17.6. The van der Waals surface area contributed by atoms with Gasteiger partial charge in [0.1, 0.15) is 0 Å². The molecule has 0 unspecified atom stereocenters. The van der Waals surface area contributed by atoms with Crippen molar-refractivity contribution in [3.05, 3.63) is 47.5 Å². The van der Waals surface area contributed by atoms with Crippen LogP contribution in [0.4, 0.5) is 10.8 Å². The molecule has 1 heterocycles. The van der Waals surface area contributed by atoms with E-state index >= 15 is 0 Å². The van der Waals surface area contributed by atoms with E-state index in [-0.39, 0.29) is 29.7 Å². The third kappa shape index (κ3) is 5.73. The summed E-state index contributed by atoms with van der Waals surface area (Å²) in [7, 11) is -3.77. The molecule has 3 N–H and O–H groups in total. The lowest BCUT2D eigenvalue weighted by Gasteiger charge is -2.08. The summed E-state index contributed by atoms with van der Waals surface area (Å²) in [5.41, 5.74) is 1.21. The fraction of sp³-hybridized carbons (Fsp3) is 0.167. The van der Waals surface area contributed by atoms with Gasteiger partial charge in [0.15, 0.2) is 5.13 Å². The van der Waals surface area contributed by atoms with Gasteiger partial charge in [-0.3, -0.25) is 9.59 Å². The van der Waals surface area contributed by atoms with E-state index in [0.29, 0.717) is 15.8 Å². The molecule has 11 heteroatoms. The van der Waals surface area contributed by atoms with Crippen LogP contribution >= 0.6 is 22.9 Å². The first-order valence-electron chi connectivity index (χ1n) is 8.46. The highest BCUT2D eigenvalue weighted by Crippen LogP contribution is 2.28. The Kier molecular flexibility index (Phi) is 6.48. The molecule has 152 valence electrons. The van der Waals surface area contributed by atoms with Gasteiger partial charge in [-0.05, 0) is 42.5 Å². The topological polar surface area (TPSA) is 117 Å². The van der Waals surface area contributed by atoms with Crippen LogP contribution in [-0.2, 0) is 19.6 Å². The van der Waals surface area contributed by atoms with Gasteiger partial charge in [-0.1, -0.05) is 22.9 Å². The van der Waals surface area contributed by atoms with Crippen molar-refractivity contribution in [1.82, 2.24) is 9.71 Å². The number of amides is 2. The molecule has 1 aromatic heterocycles. The molecule has 2 amide bonds. The van der Waals surface area contributed by atoms with Crippen molar-refractivity contribution < 1.29 is 18.0 Å². The Morgan fingerprint density at radius 3 is 2.52 bits per heavy atom. The lowest BCUT2D eigenvalue weighted by Crippen LogP contribution is -2.27. The summed E-state index contributed by atoms with van der Waals surface area (Å²) in [5, 5.41) is 6.21. The summed E-state index contributed by atoms with van der Waals surface area (Å²) in [4.78, 5) is 27.4. The molecule has 0 fully saturated rings. The number of hydrogen-bond donors (Lipinski definition) is 3. The van der Waals surface area contributed by atoms with Crippen molar-refractivity contribution in [2.45, 2.75) is 18.2 Å². The minimum Gasteiger partial charge on any atom is -0.326 e. The van der Waals surface area contributed by atoms with Crippen LogP contribution < -0.4 is 15.4 Å². The summed E-state index contributed by atoms with van der Waals surface area (Å²) in [6.07, 6.45) is -0.0557. The van der Waals surface area contributed by atoms with E-state index < -0.39 is 10.0 Å². The van der Waals surface area contributed by atoms with Crippen LogP contribution in [0, 0.1) is 0 Å². The maximum absolute atomic E-state index is 12.3. The number of anilines is 2. The van der Waals surface area contributed by atoms with Gasteiger partial charge in [0.25, 0.3) is 0 Å². The van der Waals surface area contributed by atoms with E-state index in [9.17, 15) is 18.0 Å². The minimum absolute atomic E-state index is 0.0371. The van der Waals surface area contributed by atoms with E-state index in [4.69, 9.17) is 11.6 Å². The van der Waals surface area contributed by atoms with Crippen molar-refractivity contribution in [3.8, 4) is 0 Å². The molecule has 0 aliphatic rings. The maximum Gasteiger partial charge on any atom is 0.240 e. The van der Waals surface area contributed by atoms with Gasteiger partial charge in [-0.15, -0.1) is 0 Å². The summed E-state index contributed by atoms with van der Waals surface area (Å²) in [6, 6.07) is 11.0. The number of fused-ring (bicyclic) bond motifs is 1. The SMILES string of the molecule is CC(=O)Nc1ccc(S(=O)(=O)NCCC(=O)Nc2nc3ccc(Cl)cc3s2)cc1. The van der Waals surface area contributed by atoms with Gasteiger partial charge in [-0.25, -0.2) is 18.1 Å². The van der Waals surface area contributed by atoms with E-state index in [1.165, 1.54) is 42.5 Å². The molecule has 0 aliphatic heterocycles. The molecule has 0 atom stereocenters. The Morgan fingerprint density at radius 2 is 1.83 bits per heavy atom. The second kappa shape index (κ2) is 8.87. The Bertz CT molecular complexity index is 1160. The quantitative estimate of drug-likeness (QED) is 0.508. The number of carbonyl (C=O) groups excluding carboxylic acids is 2. The number of aromatic nitrogens is 1. The molecule has 0 spiro atoms. The average molecular weight is 453 g/mol. The minimum atomic E-state index is -3.77. The van der Waals surface area contributed by atoms with E-state index in [0.717, 1.165) is 10.2 Å². The monoisotopic (exact) mass is 452 g/mol. The number of nitrogens with one attached hydrogen (secondary N) is 3. The lowest BCUT2D eigenvalue weighted by molar-refractivity contribution is -0.116. The number of halogens is 1. The highest BCUT2D eigenvalue weighted by atomic mass is 35.5. The van der Waals surface area contributed by atoms with Crippen LogP contribution in [-0.4, -0.2) is 31.8 Å². The predicted octanol–water partition coefficient (Wildman–Crippen LogP) is 3.22. The second-order valence-electron chi connectivity index (χ2n) is 6.03. The van der Waals surface area contributed by atoms with E-state index in [1.54, 1.807) is 18.2 Å². The fourth-order valence-corrected chi connectivity index (χ4v) is 4.63. The Labute approximate surface area is 176 Å². The number of hydrogen-bond acceptors (Lipinski definition) is 6. The van der Waals surface area contributed by atoms with Gasteiger partial charge in [0, 0.05) is 30.6 Å². The molecule has 8 nitrogen and oxygen atoms in total. The molecule has 2 aromatic carbocycles. The standard InChI is InChI=1S/C18H17ClN4O4S2/c1-11(24)21-13-3-5-14(6-4-13)29(26,27)20-9-8-17(25)23-18-22-15-7-2-12(19)10-16(15)28-18/h2-7,10,20H,8-9H2,1H3,(H,21,24)(H,22,23,25). The Balaban J connectivity index is 1.53.